The summed E-state index contributed by atoms with van der Waals surface area (Å²) in [6.45, 7) is 1.38. The molecule has 3 rings (SSSR count). The number of benzene rings is 2. The number of aromatic nitrogens is 2. The van der Waals surface area contributed by atoms with E-state index in [-0.39, 0.29) is 28.4 Å². The van der Waals surface area contributed by atoms with E-state index in [2.05, 4.69) is 19.9 Å². The molecule has 0 spiro atoms. The largest absolute Gasteiger partial charge is 0.462 e. The number of nitrogens with one attached hydrogen (secondary N) is 2. The van der Waals surface area contributed by atoms with E-state index in [9.17, 15) is 31.2 Å². The molecule has 0 aliphatic heterocycles. The maximum atomic E-state index is 13.6. The molecule has 2 aromatic carbocycles. The predicted molar refractivity (Wildman–Crippen MR) is 115 cm³/mol. The first kappa shape index (κ1) is 24.9. The smallest absolute Gasteiger partial charge is 0.434 e. The quantitative estimate of drug-likeness (QED) is 0.485. The zero-order chi connectivity index (χ0) is 25.1. The highest BCUT2D eigenvalue weighted by Gasteiger charge is 2.41. The Bertz CT molecular complexity index is 1300. The molecule has 0 bridgehead atoms. The van der Waals surface area contributed by atoms with Crippen LogP contribution in [0.5, 0.6) is 0 Å². The van der Waals surface area contributed by atoms with E-state index in [1.807, 2.05) is 0 Å². The van der Waals surface area contributed by atoms with Crippen molar-refractivity contribution < 1.29 is 35.9 Å². The van der Waals surface area contributed by atoms with Gasteiger partial charge in [0.05, 0.1) is 23.4 Å². The molecule has 1 amide bonds. The van der Waals surface area contributed by atoms with E-state index in [0.29, 0.717) is 4.68 Å². The third kappa shape index (κ3) is 5.26. The zero-order valence-corrected chi connectivity index (χ0v) is 18.7. The third-order valence-electron chi connectivity index (χ3n) is 4.60. The summed E-state index contributed by atoms with van der Waals surface area (Å²) >= 11 is 0. The van der Waals surface area contributed by atoms with Crippen LogP contribution >= 0.6 is 0 Å². The molecule has 0 aliphatic carbocycles. The third-order valence-corrected chi connectivity index (χ3v) is 6.03. The van der Waals surface area contributed by atoms with Crippen LogP contribution in [-0.4, -0.2) is 43.7 Å². The molecular formula is C21H19F3N4O5S. The van der Waals surface area contributed by atoms with Crippen LogP contribution in [0.2, 0.25) is 0 Å². The maximum absolute atomic E-state index is 13.6. The minimum Gasteiger partial charge on any atom is -0.462 e. The summed E-state index contributed by atoms with van der Waals surface area (Å²) in [5.41, 5.74) is -1.55. The van der Waals surface area contributed by atoms with Crippen molar-refractivity contribution in [3.8, 4) is 5.69 Å². The second-order valence-electron chi connectivity index (χ2n) is 6.77. The van der Waals surface area contributed by atoms with Crippen LogP contribution in [0.25, 0.3) is 5.69 Å². The highest BCUT2D eigenvalue weighted by molar-refractivity contribution is 7.89. The summed E-state index contributed by atoms with van der Waals surface area (Å²) in [5, 5.41) is 6.25. The fourth-order valence-electron chi connectivity index (χ4n) is 2.97. The van der Waals surface area contributed by atoms with Gasteiger partial charge in [0, 0.05) is 11.3 Å². The van der Waals surface area contributed by atoms with Gasteiger partial charge in [-0.05, 0) is 62.5 Å². The Kier molecular flexibility index (Phi) is 7.07. The van der Waals surface area contributed by atoms with E-state index in [4.69, 9.17) is 0 Å². The Balaban J connectivity index is 1.82. The van der Waals surface area contributed by atoms with Gasteiger partial charge in [-0.1, -0.05) is 0 Å². The second kappa shape index (κ2) is 9.65. The lowest BCUT2D eigenvalue weighted by Gasteiger charge is -2.13. The molecule has 180 valence electrons. The Morgan fingerprint density at radius 2 is 1.68 bits per heavy atom. The molecule has 3 aromatic rings. The van der Waals surface area contributed by atoms with Gasteiger partial charge in [-0.25, -0.2) is 22.6 Å². The lowest BCUT2D eigenvalue weighted by molar-refractivity contribution is -0.143. The number of sulfonamides is 1. The van der Waals surface area contributed by atoms with Gasteiger partial charge in [-0.2, -0.15) is 18.3 Å². The number of carbonyl (C=O) groups is 2. The van der Waals surface area contributed by atoms with Crippen molar-refractivity contribution >= 4 is 27.6 Å². The number of ether oxygens (including phenoxy) is 1. The molecule has 13 heteroatoms. The van der Waals surface area contributed by atoms with Crippen LogP contribution in [0.3, 0.4) is 0 Å². The first-order valence-electron chi connectivity index (χ1n) is 9.75. The highest BCUT2D eigenvalue weighted by atomic mass is 32.2. The molecule has 1 heterocycles. The fraction of sp³-hybridized carbons (Fsp3) is 0.190. The maximum Gasteiger partial charge on any atom is 0.434 e. The summed E-state index contributed by atoms with van der Waals surface area (Å²) in [4.78, 5) is 24.3. The van der Waals surface area contributed by atoms with Crippen molar-refractivity contribution in [3.63, 3.8) is 0 Å². The topological polar surface area (TPSA) is 119 Å². The van der Waals surface area contributed by atoms with Gasteiger partial charge in [0.1, 0.15) is 5.56 Å². The average Bonchev–Trinajstić information content (AvgIpc) is 3.26. The van der Waals surface area contributed by atoms with E-state index in [1.165, 1.54) is 62.5 Å². The Morgan fingerprint density at radius 1 is 1.06 bits per heavy atom. The number of hydrogen-bond donors (Lipinski definition) is 2. The van der Waals surface area contributed by atoms with Crippen LogP contribution in [0.15, 0.2) is 59.6 Å². The standard InChI is InChI=1S/C21H19F3N4O5S/c1-3-33-20(30)17-12-26-28(18(17)21(22,23)24)15-8-6-14(7-9-15)27-19(29)13-4-10-16(11-5-13)34(31,32)25-2/h4-12,25H,3H2,1-2H3,(H,27,29). The van der Waals surface area contributed by atoms with Crippen LogP contribution in [-0.2, 0) is 20.9 Å². The molecule has 2 N–H and O–H groups in total. The number of esters is 1. The van der Waals surface area contributed by atoms with Gasteiger partial charge < -0.3 is 10.1 Å². The van der Waals surface area contributed by atoms with Gasteiger partial charge in [0.15, 0.2) is 5.69 Å². The first-order chi connectivity index (χ1) is 16.0. The number of rotatable bonds is 7. The van der Waals surface area contributed by atoms with Crippen molar-refractivity contribution in [1.29, 1.82) is 0 Å². The minimum atomic E-state index is -4.88. The second-order valence-corrected chi connectivity index (χ2v) is 8.66. The van der Waals surface area contributed by atoms with Crippen LogP contribution in [0.4, 0.5) is 18.9 Å². The molecule has 0 atom stereocenters. The number of nitrogens with zero attached hydrogens (tertiary/aromatic N) is 2. The lowest BCUT2D eigenvalue weighted by Crippen LogP contribution is -2.19. The van der Waals surface area contributed by atoms with Gasteiger partial charge >= 0.3 is 12.1 Å². The average molecular weight is 496 g/mol. The van der Waals surface area contributed by atoms with Crippen molar-refractivity contribution in [1.82, 2.24) is 14.5 Å². The molecule has 0 radical (unpaired) electrons. The monoisotopic (exact) mass is 496 g/mol. The SMILES string of the molecule is CCOC(=O)c1cnn(-c2ccc(NC(=O)c3ccc(S(=O)(=O)NC)cc3)cc2)c1C(F)(F)F. The molecule has 0 fully saturated rings. The number of alkyl halides is 3. The van der Waals surface area contributed by atoms with Crippen LogP contribution in [0, 0.1) is 0 Å². The van der Waals surface area contributed by atoms with Crippen molar-refractivity contribution in [3.05, 3.63) is 71.5 Å². The van der Waals surface area contributed by atoms with Crippen molar-refractivity contribution in [2.45, 2.75) is 18.0 Å². The zero-order valence-electron chi connectivity index (χ0n) is 17.9. The summed E-state index contributed by atoms with van der Waals surface area (Å²) in [6, 6.07) is 10.5. The minimum absolute atomic E-state index is 0.00231. The molecule has 34 heavy (non-hydrogen) atoms. The van der Waals surface area contributed by atoms with Gasteiger partial charge in [0.2, 0.25) is 10.0 Å². The fourth-order valence-corrected chi connectivity index (χ4v) is 3.70. The molecule has 0 unspecified atom stereocenters. The lowest BCUT2D eigenvalue weighted by atomic mass is 10.2. The Labute approximate surface area is 192 Å². The van der Waals surface area contributed by atoms with Gasteiger partial charge in [0.25, 0.3) is 5.91 Å². The van der Waals surface area contributed by atoms with E-state index < -0.39 is 39.3 Å². The summed E-state index contributed by atoms with van der Waals surface area (Å²) in [7, 11) is -2.39. The summed E-state index contributed by atoms with van der Waals surface area (Å²) < 4.78 is 71.8. The number of anilines is 1. The van der Waals surface area contributed by atoms with Crippen LogP contribution in [0.1, 0.15) is 33.3 Å². The van der Waals surface area contributed by atoms with E-state index in [0.717, 1.165) is 6.20 Å². The molecule has 1 aromatic heterocycles. The predicted octanol–water partition coefficient (Wildman–Crippen LogP) is 3.23. The van der Waals surface area contributed by atoms with Crippen molar-refractivity contribution in [2.75, 3.05) is 19.0 Å². The van der Waals surface area contributed by atoms with Crippen molar-refractivity contribution in [2.24, 2.45) is 0 Å². The molecule has 0 saturated heterocycles. The van der Waals surface area contributed by atoms with Gasteiger partial charge in [-0.15, -0.1) is 0 Å². The van der Waals surface area contributed by atoms with Crippen LogP contribution < -0.4 is 10.0 Å². The van der Waals surface area contributed by atoms with Gasteiger partial charge in [-0.3, -0.25) is 4.79 Å². The molecule has 9 nitrogen and oxygen atoms in total. The summed E-state index contributed by atoms with van der Waals surface area (Å²) in [5.74, 6) is -1.70. The molecule has 0 aliphatic rings. The normalized spacial score (nSPS) is 11.8. The Hall–Kier alpha value is -3.71. The Morgan fingerprint density at radius 3 is 2.21 bits per heavy atom. The number of halogens is 3. The number of amides is 1. The van der Waals surface area contributed by atoms with E-state index in [1.54, 1.807) is 0 Å². The summed E-state index contributed by atoms with van der Waals surface area (Å²) in [6.07, 6.45) is -4.09. The molecule has 0 saturated carbocycles. The number of hydrogen-bond acceptors (Lipinski definition) is 6. The first-order valence-corrected chi connectivity index (χ1v) is 11.2. The highest BCUT2D eigenvalue weighted by Crippen LogP contribution is 2.34. The van der Waals surface area contributed by atoms with E-state index >= 15 is 0 Å². The number of carbonyl (C=O) groups excluding carboxylic acids is 2. The molecular weight excluding hydrogens is 477 g/mol.